The van der Waals surface area contributed by atoms with Gasteiger partial charge in [-0.2, -0.15) is 11.8 Å². The van der Waals surface area contributed by atoms with Gasteiger partial charge in [0.2, 0.25) is 0 Å². The number of benzene rings is 1. The summed E-state index contributed by atoms with van der Waals surface area (Å²) in [5.41, 5.74) is 1.22. The first-order chi connectivity index (χ1) is 8.13. The standard InChI is InChI=1S/C13H17ClO2S/c1-3-16-13(15)10(2)8-17-9-11-4-6-12(14)7-5-11/h4-7,10H,3,8-9H2,1-2H3. The van der Waals surface area contributed by atoms with Crippen molar-refractivity contribution < 1.29 is 9.53 Å². The molecule has 1 unspecified atom stereocenters. The Morgan fingerprint density at radius 1 is 1.41 bits per heavy atom. The van der Waals surface area contributed by atoms with Gasteiger partial charge < -0.3 is 4.74 Å². The van der Waals surface area contributed by atoms with E-state index in [1.165, 1.54) is 5.56 Å². The smallest absolute Gasteiger partial charge is 0.309 e. The van der Waals surface area contributed by atoms with E-state index in [0.29, 0.717) is 6.61 Å². The van der Waals surface area contributed by atoms with E-state index in [9.17, 15) is 4.79 Å². The molecule has 2 nitrogen and oxygen atoms in total. The van der Waals surface area contributed by atoms with Crippen LogP contribution in [-0.4, -0.2) is 18.3 Å². The van der Waals surface area contributed by atoms with Crippen LogP contribution in [0.25, 0.3) is 0 Å². The van der Waals surface area contributed by atoms with E-state index >= 15 is 0 Å². The van der Waals surface area contributed by atoms with Crippen LogP contribution >= 0.6 is 23.4 Å². The fraction of sp³-hybridized carbons (Fsp3) is 0.462. The lowest BCUT2D eigenvalue weighted by Crippen LogP contribution is -2.16. The Bertz CT molecular complexity index is 351. The zero-order valence-corrected chi connectivity index (χ0v) is 11.7. The molecule has 1 aromatic carbocycles. The first-order valence-electron chi connectivity index (χ1n) is 5.62. The molecule has 94 valence electrons. The molecule has 0 heterocycles. The van der Waals surface area contributed by atoms with Crippen molar-refractivity contribution in [3.8, 4) is 0 Å². The fourth-order valence-corrected chi connectivity index (χ4v) is 2.45. The van der Waals surface area contributed by atoms with Crippen molar-refractivity contribution in [2.45, 2.75) is 19.6 Å². The molecule has 0 aliphatic carbocycles. The quantitative estimate of drug-likeness (QED) is 0.738. The molecule has 0 saturated carbocycles. The largest absolute Gasteiger partial charge is 0.466 e. The monoisotopic (exact) mass is 272 g/mol. The van der Waals surface area contributed by atoms with Crippen molar-refractivity contribution in [2.75, 3.05) is 12.4 Å². The molecule has 0 aliphatic heterocycles. The molecule has 17 heavy (non-hydrogen) atoms. The minimum atomic E-state index is -0.115. The summed E-state index contributed by atoms with van der Waals surface area (Å²) in [6.45, 7) is 4.17. The number of carbonyl (C=O) groups excluding carboxylic acids is 1. The Balaban J connectivity index is 2.27. The van der Waals surface area contributed by atoms with E-state index in [2.05, 4.69) is 0 Å². The number of carbonyl (C=O) groups is 1. The molecule has 0 radical (unpaired) electrons. The van der Waals surface area contributed by atoms with Crippen LogP contribution in [0.1, 0.15) is 19.4 Å². The normalized spacial score (nSPS) is 12.2. The van der Waals surface area contributed by atoms with Crippen LogP contribution in [0.2, 0.25) is 5.02 Å². The molecule has 0 fully saturated rings. The predicted octanol–water partition coefficient (Wildman–Crippen LogP) is 3.77. The van der Waals surface area contributed by atoms with Gasteiger partial charge in [0, 0.05) is 16.5 Å². The second kappa shape index (κ2) is 7.62. The summed E-state index contributed by atoms with van der Waals surface area (Å²) >= 11 is 7.54. The third kappa shape index (κ3) is 5.46. The summed E-state index contributed by atoms with van der Waals surface area (Å²) in [5, 5.41) is 0.749. The Kier molecular flexibility index (Phi) is 6.45. The maximum atomic E-state index is 11.4. The highest BCUT2D eigenvalue weighted by Gasteiger charge is 2.13. The first-order valence-corrected chi connectivity index (χ1v) is 7.15. The van der Waals surface area contributed by atoms with Crippen molar-refractivity contribution in [3.63, 3.8) is 0 Å². The van der Waals surface area contributed by atoms with Gasteiger partial charge in [0.05, 0.1) is 12.5 Å². The maximum absolute atomic E-state index is 11.4. The average molecular weight is 273 g/mol. The van der Waals surface area contributed by atoms with Crippen LogP contribution in [0.15, 0.2) is 24.3 Å². The summed E-state index contributed by atoms with van der Waals surface area (Å²) in [6, 6.07) is 7.77. The summed E-state index contributed by atoms with van der Waals surface area (Å²) in [4.78, 5) is 11.4. The molecule has 0 saturated heterocycles. The maximum Gasteiger partial charge on any atom is 0.309 e. The lowest BCUT2D eigenvalue weighted by molar-refractivity contribution is -0.146. The third-order valence-electron chi connectivity index (χ3n) is 2.24. The Labute approximate surface area is 112 Å². The van der Waals surface area contributed by atoms with E-state index in [1.807, 2.05) is 38.1 Å². The Hall–Kier alpha value is -0.670. The topological polar surface area (TPSA) is 26.3 Å². The molecule has 0 spiro atoms. The molecule has 1 rings (SSSR count). The van der Waals surface area contributed by atoms with Crippen LogP contribution in [-0.2, 0) is 15.3 Å². The number of hydrogen-bond donors (Lipinski definition) is 0. The molecule has 0 bridgehead atoms. The lowest BCUT2D eigenvalue weighted by atomic mass is 10.2. The van der Waals surface area contributed by atoms with Crippen LogP contribution in [0.5, 0.6) is 0 Å². The van der Waals surface area contributed by atoms with Gasteiger partial charge in [-0.05, 0) is 24.6 Å². The van der Waals surface area contributed by atoms with Crippen LogP contribution < -0.4 is 0 Å². The van der Waals surface area contributed by atoms with Gasteiger partial charge >= 0.3 is 5.97 Å². The van der Waals surface area contributed by atoms with Gasteiger partial charge in [-0.1, -0.05) is 30.7 Å². The van der Waals surface area contributed by atoms with Crippen molar-refractivity contribution >= 4 is 29.3 Å². The lowest BCUT2D eigenvalue weighted by Gasteiger charge is -2.09. The van der Waals surface area contributed by atoms with Gasteiger partial charge in [-0.25, -0.2) is 0 Å². The van der Waals surface area contributed by atoms with E-state index in [-0.39, 0.29) is 11.9 Å². The number of halogens is 1. The van der Waals surface area contributed by atoms with Gasteiger partial charge in [-0.3, -0.25) is 4.79 Å². The van der Waals surface area contributed by atoms with Crippen LogP contribution in [0.3, 0.4) is 0 Å². The Morgan fingerprint density at radius 2 is 2.06 bits per heavy atom. The number of ether oxygens (including phenoxy) is 1. The van der Waals surface area contributed by atoms with E-state index in [0.717, 1.165) is 16.5 Å². The highest BCUT2D eigenvalue weighted by molar-refractivity contribution is 7.98. The molecule has 4 heteroatoms. The first kappa shape index (κ1) is 14.4. The SMILES string of the molecule is CCOC(=O)C(C)CSCc1ccc(Cl)cc1. The average Bonchev–Trinajstić information content (AvgIpc) is 2.32. The second-order valence-electron chi connectivity index (χ2n) is 3.79. The van der Waals surface area contributed by atoms with Crippen molar-refractivity contribution in [2.24, 2.45) is 5.92 Å². The minimum absolute atomic E-state index is 0.0488. The highest BCUT2D eigenvalue weighted by atomic mass is 35.5. The Morgan fingerprint density at radius 3 is 2.65 bits per heavy atom. The van der Waals surface area contributed by atoms with E-state index < -0.39 is 0 Å². The zero-order valence-electron chi connectivity index (χ0n) is 10.1. The summed E-state index contributed by atoms with van der Waals surface area (Å²) < 4.78 is 4.95. The summed E-state index contributed by atoms with van der Waals surface area (Å²) in [6.07, 6.45) is 0. The zero-order chi connectivity index (χ0) is 12.7. The molecule has 0 amide bonds. The number of hydrogen-bond acceptors (Lipinski definition) is 3. The summed E-state index contributed by atoms with van der Waals surface area (Å²) in [7, 11) is 0. The van der Waals surface area contributed by atoms with E-state index in [1.54, 1.807) is 11.8 Å². The molecule has 1 aromatic rings. The molecular formula is C13H17ClO2S. The molecule has 1 atom stereocenters. The number of esters is 1. The highest BCUT2D eigenvalue weighted by Crippen LogP contribution is 2.18. The van der Waals surface area contributed by atoms with Gasteiger partial charge in [0.25, 0.3) is 0 Å². The number of thioether (sulfide) groups is 1. The summed E-state index contributed by atoms with van der Waals surface area (Å²) in [5.74, 6) is 1.51. The predicted molar refractivity (Wildman–Crippen MR) is 73.4 cm³/mol. The van der Waals surface area contributed by atoms with Crippen LogP contribution in [0, 0.1) is 5.92 Å². The second-order valence-corrected chi connectivity index (χ2v) is 5.26. The molecule has 0 N–H and O–H groups in total. The fourth-order valence-electron chi connectivity index (χ4n) is 1.29. The minimum Gasteiger partial charge on any atom is -0.466 e. The number of rotatable bonds is 6. The van der Waals surface area contributed by atoms with Crippen LogP contribution in [0.4, 0.5) is 0 Å². The van der Waals surface area contributed by atoms with Crippen molar-refractivity contribution in [1.29, 1.82) is 0 Å². The van der Waals surface area contributed by atoms with E-state index in [4.69, 9.17) is 16.3 Å². The molecule has 0 aromatic heterocycles. The van der Waals surface area contributed by atoms with Gasteiger partial charge in [-0.15, -0.1) is 0 Å². The van der Waals surface area contributed by atoms with Crippen molar-refractivity contribution in [1.82, 2.24) is 0 Å². The molecule has 0 aliphatic rings. The van der Waals surface area contributed by atoms with Gasteiger partial charge in [0.1, 0.15) is 0 Å². The third-order valence-corrected chi connectivity index (χ3v) is 3.76. The molecular weight excluding hydrogens is 256 g/mol. The van der Waals surface area contributed by atoms with Gasteiger partial charge in [0.15, 0.2) is 0 Å². The van der Waals surface area contributed by atoms with Crippen molar-refractivity contribution in [3.05, 3.63) is 34.9 Å².